The number of hydrogen-bond donors (Lipinski definition) is 1. The molecule has 7 heteroatoms. The number of rotatable bonds is 3. The number of carboxylic acids is 1. The highest BCUT2D eigenvalue weighted by atomic mass is 16.6. The van der Waals surface area contributed by atoms with Gasteiger partial charge in [-0.15, -0.1) is 0 Å². The predicted octanol–water partition coefficient (Wildman–Crippen LogP) is 0.303. The molecule has 1 saturated heterocycles. The lowest BCUT2D eigenvalue weighted by molar-refractivity contribution is -0.144. The van der Waals surface area contributed by atoms with Gasteiger partial charge in [0.2, 0.25) is 6.10 Å². The van der Waals surface area contributed by atoms with Gasteiger partial charge in [0.25, 0.3) is 5.91 Å². The monoisotopic (exact) mass is 295 g/mol. The van der Waals surface area contributed by atoms with E-state index in [9.17, 15) is 9.59 Å². The third kappa shape index (κ3) is 3.02. The van der Waals surface area contributed by atoms with Crippen LogP contribution in [0.25, 0.3) is 0 Å². The minimum atomic E-state index is -1.11. The molecule has 1 aliphatic carbocycles. The molecule has 0 radical (unpaired) electrons. The summed E-state index contributed by atoms with van der Waals surface area (Å²) >= 11 is 0. The van der Waals surface area contributed by atoms with Crippen LogP contribution >= 0.6 is 0 Å². The zero-order valence-electron chi connectivity index (χ0n) is 12.0. The molecular formula is C14H21N3O4. The first-order valence-electron chi connectivity index (χ1n) is 7.64. The summed E-state index contributed by atoms with van der Waals surface area (Å²) in [4.78, 5) is 32.3. The minimum Gasteiger partial charge on any atom is -0.477 e. The molecule has 2 aliphatic heterocycles. The second kappa shape index (κ2) is 6.01. The number of oxime groups is 1. The Kier molecular flexibility index (Phi) is 4.10. The number of carboxylic acid groups (broad SMARTS) is 1. The van der Waals surface area contributed by atoms with Crippen molar-refractivity contribution >= 4 is 17.6 Å². The van der Waals surface area contributed by atoms with Gasteiger partial charge >= 0.3 is 5.97 Å². The summed E-state index contributed by atoms with van der Waals surface area (Å²) in [6.07, 6.45) is 4.49. The first-order chi connectivity index (χ1) is 10.1. The molecule has 3 rings (SSSR count). The highest BCUT2D eigenvalue weighted by Crippen LogP contribution is 2.24. The normalized spacial score (nSPS) is 27.5. The van der Waals surface area contributed by atoms with Crippen molar-refractivity contribution in [3.63, 3.8) is 0 Å². The zero-order valence-corrected chi connectivity index (χ0v) is 12.0. The fourth-order valence-corrected chi connectivity index (χ4v) is 3.42. The van der Waals surface area contributed by atoms with Gasteiger partial charge in [-0.2, -0.15) is 0 Å². The van der Waals surface area contributed by atoms with Crippen molar-refractivity contribution in [1.29, 1.82) is 0 Å². The van der Waals surface area contributed by atoms with E-state index in [4.69, 9.17) is 9.94 Å². The Morgan fingerprint density at radius 3 is 2.38 bits per heavy atom. The molecule has 3 aliphatic rings. The number of carbonyl (C=O) groups is 2. The van der Waals surface area contributed by atoms with Crippen LogP contribution in [-0.2, 0) is 14.4 Å². The van der Waals surface area contributed by atoms with Gasteiger partial charge in [-0.25, -0.2) is 4.79 Å². The van der Waals surface area contributed by atoms with E-state index in [0.717, 1.165) is 13.1 Å². The van der Waals surface area contributed by atoms with Crippen molar-refractivity contribution in [3.8, 4) is 0 Å². The smallest absolute Gasteiger partial charge is 0.353 e. The van der Waals surface area contributed by atoms with Gasteiger partial charge in [0, 0.05) is 38.6 Å². The van der Waals surface area contributed by atoms with Gasteiger partial charge in [0.1, 0.15) is 0 Å². The Morgan fingerprint density at radius 1 is 1.14 bits per heavy atom. The number of amides is 1. The molecule has 1 saturated carbocycles. The Morgan fingerprint density at radius 2 is 1.81 bits per heavy atom. The van der Waals surface area contributed by atoms with E-state index in [2.05, 4.69) is 10.1 Å². The molecule has 0 bridgehead atoms. The maximum Gasteiger partial charge on any atom is 0.353 e. The largest absolute Gasteiger partial charge is 0.477 e. The average Bonchev–Trinajstić information content (AvgIpc) is 3.18. The topological polar surface area (TPSA) is 82.4 Å². The summed E-state index contributed by atoms with van der Waals surface area (Å²) in [6, 6.07) is 0.687. The Balaban J connectivity index is 1.48. The van der Waals surface area contributed by atoms with Crippen LogP contribution in [0.4, 0.5) is 0 Å². The molecule has 1 amide bonds. The third-order valence-corrected chi connectivity index (χ3v) is 4.66. The zero-order chi connectivity index (χ0) is 14.8. The van der Waals surface area contributed by atoms with E-state index in [1.165, 1.54) is 25.7 Å². The SMILES string of the molecule is O=C(O)C1=NOC(C(=O)N2CCN(C3CCCC3)CC2)C1. The van der Waals surface area contributed by atoms with Gasteiger partial charge in [-0.1, -0.05) is 18.0 Å². The average molecular weight is 295 g/mol. The maximum atomic E-state index is 12.3. The summed E-state index contributed by atoms with van der Waals surface area (Å²) in [7, 11) is 0. The van der Waals surface area contributed by atoms with Crippen LogP contribution in [-0.4, -0.2) is 70.8 Å². The molecule has 1 unspecified atom stereocenters. The summed E-state index contributed by atoms with van der Waals surface area (Å²) in [6.45, 7) is 3.18. The van der Waals surface area contributed by atoms with Crippen molar-refractivity contribution < 1.29 is 19.5 Å². The predicted molar refractivity (Wildman–Crippen MR) is 75.0 cm³/mol. The molecule has 0 aromatic carbocycles. The lowest BCUT2D eigenvalue weighted by Gasteiger charge is -2.38. The van der Waals surface area contributed by atoms with E-state index in [1.807, 2.05) is 0 Å². The molecule has 0 aromatic heterocycles. The lowest BCUT2D eigenvalue weighted by atomic mass is 10.1. The Hall–Kier alpha value is -1.63. The summed E-state index contributed by atoms with van der Waals surface area (Å²) < 4.78 is 0. The quantitative estimate of drug-likeness (QED) is 0.810. The fraction of sp³-hybridized carbons (Fsp3) is 0.786. The van der Waals surface area contributed by atoms with E-state index in [1.54, 1.807) is 4.90 Å². The highest BCUT2D eigenvalue weighted by Gasteiger charge is 2.36. The molecule has 1 atom stereocenters. The Bertz CT molecular complexity index is 451. The van der Waals surface area contributed by atoms with Crippen LogP contribution in [0.1, 0.15) is 32.1 Å². The maximum absolute atomic E-state index is 12.3. The number of nitrogens with zero attached hydrogens (tertiary/aromatic N) is 3. The second-order valence-corrected chi connectivity index (χ2v) is 5.94. The van der Waals surface area contributed by atoms with Crippen molar-refractivity contribution in [2.75, 3.05) is 26.2 Å². The molecule has 0 aromatic rings. The first kappa shape index (κ1) is 14.3. The fourth-order valence-electron chi connectivity index (χ4n) is 3.42. The van der Waals surface area contributed by atoms with Gasteiger partial charge in [0.15, 0.2) is 5.71 Å². The number of carbonyl (C=O) groups excluding carboxylic acids is 1. The van der Waals surface area contributed by atoms with Crippen LogP contribution in [0, 0.1) is 0 Å². The van der Waals surface area contributed by atoms with Crippen molar-refractivity contribution in [3.05, 3.63) is 0 Å². The Labute approximate surface area is 123 Å². The molecule has 1 N–H and O–H groups in total. The number of hydrogen-bond acceptors (Lipinski definition) is 5. The second-order valence-electron chi connectivity index (χ2n) is 5.94. The van der Waals surface area contributed by atoms with Gasteiger partial charge in [-0.3, -0.25) is 9.69 Å². The highest BCUT2D eigenvalue weighted by molar-refractivity contribution is 6.36. The number of piperazine rings is 1. The molecule has 7 nitrogen and oxygen atoms in total. The summed E-state index contributed by atoms with van der Waals surface area (Å²) in [5.74, 6) is -1.25. The molecule has 116 valence electrons. The first-order valence-corrected chi connectivity index (χ1v) is 7.64. The van der Waals surface area contributed by atoms with Crippen molar-refractivity contribution in [2.45, 2.75) is 44.2 Å². The van der Waals surface area contributed by atoms with Gasteiger partial charge in [0.05, 0.1) is 0 Å². The van der Waals surface area contributed by atoms with Crippen LogP contribution in [0.3, 0.4) is 0 Å². The van der Waals surface area contributed by atoms with Crippen LogP contribution in [0.5, 0.6) is 0 Å². The van der Waals surface area contributed by atoms with Crippen LogP contribution in [0.15, 0.2) is 5.16 Å². The summed E-state index contributed by atoms with van der Waals surface area (Å²) in [5.41, 5.74) is -0.0714. The van der Waals surface area contributed by atoms with E-state index in [0.29, 0.717) is 19.1 Å². The van der Waals surface area contributed by atoms with Gasteiger partial charge in [-0.05, 0) is 12.8 Å². The van der Waals surface area contributed by atoms with E-state index < -0.39 is 12.1 Å². The molecule has 2 heterocycles. The molecule has 0 spiro atoms. The van der Waals surface area contributed by atoms with Crippen LogP contribution in [0.2, 0.25) is 0 Å². The van der Waals surface area contributed by atoms with Crippen molar-refractivity contribution in [2.24, 2.45) is 5.16 Å². The summed E-state index contributed by atoms with van der Waals surface area (Å²) in [5, 5.41) is 12.3. The van der Waals surface area contributed by atoms with Crippen molar-refractivity contribution in [1.82, 2.24) is 9.80 Å². The number of aliphatic carboxylic acids is 1. The van der Waals surface area contributed by atoms with E-state index in [-0.39, 0.29) is 18.0 Å². The molecular weight excluding hydrogens is 274 g/mol. The van der Waals surface area contributed by atoms with E-state index >= 15 is 0 Å². The molecule has 2 fully saturated rings. The van der Waals surface area contributed by atoms with Gasteiger partial charge < -0.3 is 14.8 Å². The lowest BCUT2D eigenvalue weighted by Crippen LogP contribution is -2.53. The molecule has 21 heavy (non-hydrogen) atoms. The minimum absolute atomic E-state index is 0.0665. The standard InChI is InChI=1S/C14H21N3O4/c18-13(12-9-11(14(19)20)15-21-12)17-7-5-16(6-8-17)10-3-1-2-4-10/h10,12H,1-9H2,(H,19,20). The third-order valence-electron chi connectivity index (χ3n) is 4.66. The van der Waals surface area contributed by atoms with Crippen LogP contribution < -0.4 is 0 Å².